The minimum Gasteiger partial charge on any atom is -0.352 e. The molecule has 1 N–H and O–H groups in total. The van der Waals surface area contributed by atoms with Gasteiger partial charge in [0.2, 0.25) is 21.8 Å². The van der Waals surface area contributed by atoms with Crippen LogP contribution in [0.5, 0.6) is 0 Å². The first-order chi connectivity index (χ1) is 19.1. The maximum atomic E-state index is 14.1. The predicted octanol–water partition coefficient (Wildman–Crippen LogP) is 5.05. The van der Waals surface area contributed by atoms with Crippen molar-refractivity contribution in [1.82, 2.24) is 10.2 Å². The van der Waals surface area contributed by atoms with Crippen LogP contribution in [0.3, 0.4) is 0 Å². The summed E-state index contributed by atoms with van der Waals surface area (Å²) in [6, 6.07) is 20.9. The fourth-order valence-electron chi connectivity index (χ4n) is 4.46. The fraction of sp³-hybridized carbons (Fsp3) is 0.375. The summed E-state index contributed by atoms with van der Waals surface area (Å²) < 4.78 is 40.6. The van der Waals surface area contributed by atoms with E-state index in [1.807, 2.05) is 56.3 Å². The minimum absolute atomic E-state index is 0.0112. The molecule has 3 aromatic rings. The van der Waals surface area contributed by atoms with Gasteiger partial charge in [-0.1, -0.05) is 75.4 Å². The van der Waals surface area contributed by atoms with E-state index in [1.165, 1.54) is 17.0 Å². The number of halogens is 1. The van der Waals surface area contributed by atoms with Crippen LogP contribution in [0.2, 0.25) is 0 Å². The molecule has 41 heavy (non-hydrogen) atoms. The smallest absolute Gasteiger partial charge is 0.244 e. The molecular weight excluding hydrogens is 541 g/mol. The van der Waals surface area contributed by atoms with E-state index in [0.717, 1.165) is 21.7 Å². The summed E-state index contributed by atoms with van der Waals surface area (Å²) in [4.78, 5) is 29.0. The summed E-state index contributed by atoms with van der Waals surface area (Å²) in [6.45, 7) is 9.32. The van der Waals surface area contributed by atoms with Gasteiger partial charge in [-0.2, -0.15) is 0 Å². The molecule has 9 heteroatoms. The first-order valence-corrected chi connectivity index (χ1v) is 15.5. The van der Waals surface area contributed by atoms with E-state index in [0.29, 0.717) is 11.3 Å². The molecule has 0 heterocycles. The van der Waals surface area contributed by atoms with Gasteiger partial charge in [0.15, 0.2) is 0 Å². The van der Waals surface area contributed by atoms with Crippen LogP contribution in [-0.4, -0.2) is 50.0 Å². The number of nitrogens with one attached hydrogen (secondary N) is 1. The molecule has 0 saturated heterocycles. The summed E-state index contributed by atoms with van der Waals surface area (Å²) in [5, 5.41) is 2.90. The number of hydrogen-bond donors (Lipinski definition) is 1. The number of benzene rings is 3. The zero-order chi connectivity index (χ0) is 30.4. The van der Waals surface area contributed by atoms with Crippen molar-refractivity contribution in [2.24, 2.45) is 0 Å². The highest BCUT2D eigenvalue weighted by Crippen LogP contribution is 2.26. The summed E-state index contributed by atoms with van der Waals surface area (Å²) in [7, 11) is -3.86. The largest absolute Gasteiger partial charge is 0.352 e. The third-order valence-corrected chi connectivity index (χ3v) is 7.81. The molecule has 3 aromatic carbocycles. The molecular formula is C32H40FN3O4S. The van der Waals surface area contributed by atoms with Gasteiger partial charge in [-0.05, 0) is 60.2 Å². The Hall–Kier alpha value is -3.72. The van der Waals surface area contributed by atoms with Crippen LogP contribution in [0, 0.1) is 5.82 Å². The lowest BCUT2D eigenvalue weighted by molar-refractivity contribution is -0.140. The van der Waals surface area contributed by atoms with Crippen molar-refractivity contribution in [2.75, 3.05) is 17.1 Å². The first kappa shape index (κ1) is 31.8. The number of carbonyl (C=O) groups is 2. The number of nitrogens with zero attached hydrogens (tertiary/aromatic N) is 2. The maximum absolute atomic E-state index is 14.1. The molecule has 2 amide bonds. The van der Waals surface area contributed by atoms with Gasteiger partial charge in [-0.25, -0.2) is 12.8 Å². The number of amides is 2. The van der Waals surface area contributed by atoms with Crippen molar-refractivity contribution in [1.29, 1.82) is 0 Å². The molecule has 7 nitrogen and oxygen atoms in total. The maximum Gasteiger partial charge on any atom is 0.244 e. The molecule has 0 aliphatic heterocycles. The standard InChI is InChI=1S/C32H40FN3O4S/c1-23(2)34-31(38)29(20-24-10-8-7-9-11-24)35(21-25-12-16-27(33)17-13-25)30(37)22-36(41(6,39)40)28-18-14-26(15-19-28)32(3,4)5/h7-19,23,29H,20-22H2,1-6H3,(H,34,38). The summed E-state index contributed by atoms with van der Waals surface area (Å²) in [5.41, 5.74) is 2.68. The van der Waals surface area contributed by atoms with Gasteiger partial charge in [0.1, 0.15) is 18.4 Å². The highest BCUT2D eigenvalue weighted by Gasteiger charge is 2.33. The monoisotopic (exact) mass is 581 g/mol. The molecule has 0 bridgehead atoms. The van der Waals surface area contributed by atoms with Crippen LogP contribution < -0.4 is 9.62 Å². The summed E-state index contributed by atoms with van der Waals surface area (Å²) in [6.07, 6.45) is 1.26. The van der Waals surface area contributed by atoms with Crippen LogP contribution in [0.25, 0.3) is 0 Å². The zero-order valence-corrected chi connectivity index (χ0v) is 25.4. The first-order valence-electron chi connectivity index (χ1n) is 13.6. The van der Waals surface area contributed by atoms with Crippen LogP contribution in [0.4, 0.5) is 10.1 Å². The lowest BCUT2D eigenvalue weighted by Crippen LogP contribution is -2.54. The van der Waals surface area contributed by atoms with Crippen LogP contribution in [0.1, 0.15) is 51.3 Å². The second-order valence-corrected chi connectivity index (χ2v) is 13.5. The van der Waals surface area contributed by atoms with Gasteiger partial charge in [0.25, 0.3) is 0 Å². The molecule has 1 unspecified atom stereocenters. The van der Waals surface area contributed by atoms with E-state index in [1.54, 1.807) is 24.3 Å². The van der Waals surface area contributed by atoms with E-state index in [-0.39, 0.29) is 30.3 Å². The molecule has 1 atom stereocenters. The number of sulfonamides is 1. The van der Waals surface area contributed by atoms with Crippen molar-refractivity contribution in [3.8, 4) is 0 Å². The quantitative estimate of drug-likeness (QED) is 0.343. The van der Waals surface area contributed by atoms with Crippen LogP contribution in [-0.2, 0) is 38.0 Å². The second kappa shape index (κ2) is 13.3. The Morgan fingerprint density at radius 3 is 1.98 bits per heavy atom. The molecule has 0 radical (unpaired) electrons. The molecule has 0 aliphatic carbocycles. The van der Waals surface area contributed by atoms with E-state index < -0.39 is 34.3 Å². The highest BCUT2D eigenvalue weighted by atomic mass is 32.2. The topological polar surface area (TPSA) is 86.8 Å². The number of anilines is 1. The van der Waals surface area contributed by atoms with Crippen molar-refractivity contribution in [2.45, 2.75) is 65.1 Å². The number of hydrogen-bond acceptors (Lipinski definition) is 4. The van der Waals surface area contributed by atoms with Gasteiger partial charge >= 0.3 is 0 Å². The molecule has 0 spiro atoms. The fourth-order valence-corrected chi connectivity index (χ4v) is 5.31. The Bertz CT molecular complexity index is 1420. The lowest BCUT2D eigenvalue weighted by Gasteiger charge is -2.34. The van der Waals surface area contributed by atoms with Crippen molar-refractivity contribution < 1.29 is 22.4 Å². The van der Waals surface area contributed by atoms with Crippen molar-refractivity contribution >= 4 is 27.5 Å². The van der Waals surface area contributed by atoms with Gasteiger partial charge < -0.3 is 10.2 Å². The van der Waals surface area contributed by atoms with Gasteiger partial charge in [0, 0.05) is 19.0 Å². The van der Waals surface area contributed by atoms with Crippen LogP contribution in [0.15, 0.2) is 78.9 Å². The Morgan fingerprint density at radius 1 is 0.878 bits per heavy atom. The van der Waals surface area contributed by atoms with Gasteiger partial charge in [-0.3, -0.25) is 13.9 Å². The average Bonchev–Trinajstić information content (AvgIpc) is 2.89. The minimum atomic E-state index is -3.86. The van der Waals surface area contributed by atoms with E-state index in [2.05, 4.69) is 26.1 Å². The summed E-state index contributed by atoms with van der Waals surface area (Å²) in [5.74, 6) is -1.34. The van der Waals surface area contributed by atoms with Gasteiger partial charge in [0.05, 0.1) is 11.9 Å². The summed E-state index contributed by atoms with van der Waals surface area (Å²) >= 11 is 0. The SMILES string of the molecule is CC(C)NC(=O)C(Cc1ccccc1)N(Cc1ccc(F)cc1)C(=O)CN(c1ccc(C(C)(C)C)cc1)S(C)(=O)=O. The molecule has 0 saturated carbocycles. The molecule has 0 aliphatic rings. The second-order valence-electron chi connectivity index (χ2n) is 11.6. The lowest BCUT2D eigenvalue weighted by atomic mass is 9.87. The highest BCUT2D eigenvalue weighted by molar-refractivity contribution is 7.92. The van der Waals surface area contributed by atoms with E-state index in [4.69, 9.17) is 0 Å². The third-order valence-electron chi connectivity index (χ3n) is 6.67. The van der Waals surface area contributed by atoms with E-state index in [9.17, 15) is 22.4 Å². The predicted molar refractivity (Wildman–Crippen MR) is 161 cm³/mol. The average molecular weight is 582 g/mol. The van der Waals surface area contributed by atoms with Crippen LogP contribution >= 0.6 is 0 Å². The molecule has 220 valence electrons. The van der Waals surface area contributed by atoms with E-state index >= 15 is 0 Å². The Kier molecular flexibility index (Phi) is 10.3. The number of rotatable bonds is 11. The van der Waals surface area contributed by atoms with Crippen molar-refractivity contribution in [3.63, 3.8) is 0 Å². The number of carbonyl (C=O) groups excluding carboxylic acids is 2. The zero-order valence-electron chi connectivity index (χ0n) is 24.6. The Labute approximate surface area is 243 Å². The normalized spacial score (nSPS) is 12.6. The van der Waals surface area contributed by atoms with Gasteiger partial charge in [-0.15, -0.1) is 0 Å². The molecule has 3 rings (SSSR count). The van der Waals surface area contributed by atoms with Crippen molar-refractivity contribution in [3.05, 3.63) is 101 Å². The molecule has 0 fully saturated rings. The third kappa shape index (κ3) is 9.14. The Balaban J connectivity index is 2.04. The molecule has 0 aromatic heterocycles. The Morgan fingerprint density at radius 2 is 1.46 bits per heavy atom.